The molecular weight excluding hydrogens is 130 g/mol. The van der Waals surface area contributed by atoms with Crippen LogP contribution in [0.2, 0.25) is 0 Å². The Morgan fingerprint density at radius 3 is 3.00 bits per heavy atom. The third-order valence-electron chi connectivity index (χ3n) is 0.854. The zero-order valence-electron chi connectivity index (χ0n) is 5.83. The van der Waals surface area contributed by atoms with Crippen LogP contribution < -0.4 is 0 Å². The van der Waals surface area contributed by atoms with Gasteiger partial charge in [0.25, 0.3) is 6.04 Å². The Kier molecular flexibility index (Phi) is 3.97. The Labute approximate surface area is 60.1 Å². The standard InChI is InChI=1S/C7H9NO2/c1-4-7(9)10-5-6(2)8-3/h4,6H,1,5H2,2H3. The molecule has 0 aromatic heterocycles. The highest BCUT2D eigenvalue weighted by molar-refractivity contribution is 5.81. The van der Waals surface area contributed by atoms with E-state index in [0.717, 1.165) is 6.08 Å². The number of rotatable bonds is 3. The summed E-state index contributed by atoms with van der Waals surface area (Å²) < 4.78 is 4.57. The molecule has 0 saturated heterocycles. The molecule has 1 unspecified atom stereocenters. The lowest BCUT2D eigenvalue weighted by molar-refractivity contribution is -0.137. The molecule has 1 atom stereocenters. The van der Waals surface area contributed by atoms with Crippen molar-refractivity contribution >= 4 is 5.97 Å². The minimum Gasteiger partial charge on any atom is -0.454 e. The van der Waals surface area contributed by atoms with Crippen molar-refractivity contribution in [1.29, 1.82) is 0 Å². The van der Waals surface area contributed by atoms with Crippen molar-refractivity contribution < 1.29 is 9.53 Å². The van der Waals surface area contributed by atoms with E-state index >= 15 is 0 Å². The Morgan fingerprint density at radius 2 is 2.60 bits per heavy atom. The molecule has 10 heavy (non-hydrogen) atoms. The van der Waals surface area contributed by atoms with E-state index in [-0.39, 0.29) is 12.6 Å². The summed E-state index contributed by atoms with van der Waals surface area (Å²) in [5.74, 6) is -0.476. The van der Waals surface area contributed by atoms with Gasteiger partial charge in [0.1, 0.15) is 0 Å². The van der Waals surface area contributed by atoms with Crippen LogP contribution in [-0.4, -0.2) is 18.6 Å². The molecule has 0 aliphatic carbocycles. The van der Waals surface area contributed by atoms with E-state index in [1.807, 2.05) is 0 Å². The Balaban J connectivity index is 3.47. The van der Waals surface area contributed by atoms with Crippen LogP contribution in [0, 0.1) is 6.57 Å². The lowest BCUT2D eigenvalue weighted by Crippen LogP contribution is -2.10. The van der Waals surface area contributed by atoms with Crippen LogP contribution in [-0.2, 0) is 9.53 Å². The Hall–Kier alpha value is -1.30. The van der Waals surface area contributed by atoms with Gasteiger partial charge < -0.3 is 9.58 Å². The lowest BCUT2D eigenvalue weighted by atomic mass is 10.4. The van der Waals surface area contributed by atoms with Gasteiger partial charge in [-0.05, 0) is 0 Å². The second-order valence-electron chi connectivity index (χ2n) is 1.81. The number of ether oxygens (including phenoxy) is 1. The van der Waals surface area contributed by atoms with Crippen molar-refractivity contribution in [2.75, 3.05) is 6.61 Å². The first-order valence-electron chi connectivity index (χ1n) is 2.86. The van der Waals surface area contributed by atoms with Crippen LogP contribution in [0.3, 0.4) is 0 Å². The van der Waals surface area contributed by atoms with Gasteiger partial charge >= 0.3 is 5.97 Å². The molecule has 3 heteroatoms. The highest BCUT2D eigenvalue weighted by atomic mass is 16.5. The maximum absolute atomic E-state index is 10.4. The van der Waals surface area contributed by atoms with Crippen molar-refractivity contribution in [2.24, 2.45) is 0 Å². The number of nitrogens with zero attached hydrogens (tertiary/aromatic N) is 1. The Bertz CT molecular complexity index is 169. The van der Waals surface area contributed by atoms with Crippen molar-refractivity contribution in [3.05, 3.63) is 24.1 Å². The van der Waals surface area contributed by atoms with Gasteiger partial charge in [-0.1, -0.05) is 6.58 Å². The van der Waals surface area contributed by atoms with E-state index in [4.69, 9.17) is 6.57 Å². The van der Waals surface area contributed by atoms with E-state index < -0.39 is 5.97 Å². The maximum Gasteiger partial charge on any atom is 0.330 e. The fraction of sp³-hybridized carbons (Fsp3) is 0.429. The molecule has 0 aromatic rings. The molecule has 0 saturated carbocycles. The van der Waals surface area contributed by atoms with Crippen molar-refractivity contribution in [3.63, 3.8) is 0 Å². The molecule has 0 heterocycles. The largest absolute Gasteiger partial charge is 0.454 e. The normalized spacial score (nSPS) is 11.2. The zero-order chi connectivity index (χ0) is 7.98. The molecular formula is C7H9NO2. The molecule has 0 fully saturated rings. The van der Waals surface area contributed by atoms with Gasteiger partial charge in [0.15, 0.2) is 6.61 Å². The molecule has 0 aliphatic rings. The SMILES string of the molecule is [C-]#[N+]C(C)COC(=O)C=C. The predicted octanol–water partition coefficient (Wildman–Crippen LogP) is 1.02. The summed E-state index contributed by atoms with van der Waals surface area (Å²) in [6.07, 6.45) is 1.08. The molecule has 0 spiro atoms. The third-order valence-corrected chi connectivity index (χ3v) is 0.854. The van der Waals surface area contributed by atoms with Crippen LogP contribution in [0.4, 0.5) is 0 Å². The monoisotopic (exact) mass is 139 g/mol. The number of carbonyl (C=O) groups is 1. The van der Waals surface area contributed by atoms with Gasteiger partial charge in [0.05, 0.1) is 0 Å². The molecule has 0 N–H and O–H groups in total. The summed E-state index contributed by atoms with van der Waals surface area (Å²) in [5.41, 5.74) is 0. The zero-order valence-corrected chi connectivity index (χ0v) is 5.83. The predicted molar refractivity (Wildman–Crippen MR) is 37.2 cm³/mol. The van der Waals surface area contributed by atoms with Crippen LogP contribution in [0.5, 0.6) is 0 Å². The van der Waals surface area contributed by atoms with Gasteiger partial charge in [-0.25, -0.2) is 11.4 Å². The summed E-state index contributed by atoms with van der Waals surface area (Å²) in [7, 11) is 0. The van der Waals surface area contributed by atoms with E-state index in [9.17, 15) is 4.79 Å². The Morgan fingerprint density at radius 1 is 2.00 bits per heavy atom. The summed E-state index contributed by atoms with van der Waals surface area (Å²) in [6, 6.07) is -0.260. The van der Waals surface area contributed by atoms with Crippen LogP contribution in [0.25, 0.3) is 4.85 Å². The van der Waals surface area contributed by atoms with E-state index in [1.165, 1.54) is 0 Å². The first kappa shape index (κ1) is 8.70. The molecule has 0 rings (SSSR count). The molecule has 54 valence electrons. The van der Waals surface area contributed by atoms with Crippen molar-refractivity contribution in [2.45, 2.75) is 13.0 Å². The summed E-state index contributed by atoms with van der Waals surface area (Å²) in [6.45, 7) is 11.6. The summed E-state index contributed by atoms with van der Waals surface area (Å²) >= 11 is 0. The first-order valence-corrected chi connectivity index (χ1v) is 2.86. The molecule has 0 amide bonds. The minimum absolute atomic E-state index is 0.147. The fourth-order valence-electron chi connectivity index (χ4n) is 0.299. The third kappa shape index (κ3) is 3.67. The molecule has 0 radical (unpaired) electrons. The lowest BCUT2D eigenvalue weighted by Gasteiger charge is -1.98. The molecule has 0 aromatic carbocycles. The van der Waals surface area contributed by atoms with Gasteiger partial charge in [-0.15, -0.1) is 0 Å². The van der Waals surface area contributed by atoms with Gasteiger partial charge in [0.2, 0.25) is 0 Å². The van der Waals surface area contributed by atoms with Gasteiger partial charge in [-0.2, -0.15) is 0 Å². The van der Waals surface area contributed by atoms with Crippen LogP contribution >= 0.6 is 0 Å². The van der Waals surface area contributed by atoms with Crippen molar-refractivity contribution in [3.8, 4) is 0 Å². The second-order valence-corrected chi connectivity index (χ2v) is 1.81. The van der Waals surface area contributed by atoms with E-state index in [0.29, 0.717) is 0 Å². The molecule has 0 bridgehead atoms. The first-order chi connectivity index (χ1) is 4.70. The number of carbonyl (C=O) groups excluding carboxylic acids is 1. The maximum atomic E-state index is 10.4. The van der Waals surface area contributed by atoms with Crippen LogP contribution in [0.1, 0.15) is 6.92 Å². The highest BCUT2D eigenvalue weighted by Gasteiger charge is 2.05. The van der Waals surface area contributed by atoms with Crippen molar-refractivity contribution in [1.82, 2.24) is 0 Å². The minimum atomic E-state index is -0.476. The highest BCUT2D eigenvalue weighted by Crippen LogP contribution is 1.90. The number of hydrogen-bond donors (Lipinski definition) is 0. The number of esters is 1. The average Bonchev–Trinajstić information content (AvgIpc) is 1.99. The fourth-order valence-corrected chi connectivity index (χ4v) is 0.299. The van der Waals surface area contributed by atoms with Crippen LogP contribution in [0.15, 0.2) is 12.7 Å². The quantitative estimate of drug-likeness (QED) is 0.332. The smallest absolute Gasteiger partial charge is 0.330 e. The van der Waals surface area contributed by atoms with E-state index in [1.54, 1.807) is 6.92 Å². The summed E-state index contributed by atoms with van der Waals surface area (Å²) in [5, 5.41) is 0. The molecule has 0 aliphatic heterocycles. The van der Waals surface area contributed by atoms with Gasteiger partial charge in [0, 0.05) is 13.0 Å². The average molecular weight is 139 g/mol. The summed E-state index contributed by atoms with van der Waals surface area (Å²) in [4.78, 5) is 13.5. The molecule has 3 nitrogen and oxygen atoms in total. The number of hydrogen-bond acceptors (Lipinski definition) is 2. The van der Waals surface area contributed by atoms with Gasteiger partial charge in [-0.3, -0.25) is 0 Å². The topological polar surface area (TPSA) is 30.7 Å². The second kappa shape index (κ2) is 4.57. The van der Waals surface area contributed by atoms with E-state index in [2.05, 4.69) is 16.2 Å².